The maximum Gasteiger partial charge on any atom is 0.147 e. The molecule has 0 aliphatic rings. The highest BCUT2D eigenvalue weighted by molar-refractivity contribution is 5.13. The van der Waals surface area contributed by atoms with Crippen molar-refractivity contribution in [2.45, 2.75) is 38.7 Å². The first-order valence-corrected chi connectivity index (χ1v) is 6.52. The fourth-order valence-electron chi connectivity index (χ4n) is 1.62. The topological polar surface area (TPSA) is 18.5 Å². The molecule has 0 spiro atoms. The van der Waals surface area contributed by atoms with Crippen LogP contribution in [0.5, 0.6) is 0 Å². The third kappa shape index (κ3) is 7.89. The van der Waals surface area contributed by atoms with Crippen molar-refractivity contribution in [3.63, 3.8) is 0 Å². The lowest BCUT2D eigenvalue weighted by Crippen LogP contribution is -2.01. The van der Waals surface area contributed by atoms with Crippen LogP contribution in [-0.2, 0) is 16.1 Å². The number of hydrogen-bond acceptors (Lipinski definition) is 2. The summed E-state index contributed by atoms with van der Waals surface area (Å²) < 4.78 is 10.8. The smallest absolute Gasteiger partial charge is 0.147 e. The van der Waals surface area contributed by atoms with Crippen LogP contribution >= 0.6 is 0 Å². The first kappa shape index (κ1) is 14.8. The zero-order valence-electron chi connectivity index (χ0n) is 10.9. The number of hydrogen-bond donors (Lipinski definition) is 0. The van der Waals surface area contributed by atoms with Crippen molar-refractivity contribution in [3.8, 4) is 5.92 Å². The quantitative estimate of drug-likeness (QED) is 0.355. The molecule has 0 aliphatic carbocycles. The Bertz CT molecular complexity index is 327. The molecule has 0 bridgehead atoms. The number of rotatable bonds is 10. The summed E-state index contributed by atoms with van der Waals surface area (Å²) in [6.07, 6.45) is 12.0. The van der Waals surface area contributed by atoms with Gasteiger partial charge in [0.25, 0.3) is 0 Å². The van der Waals surface area contributed by atoms with E-state index in [9.17, 15) is 0 Å². The van der Waals surface area contributed by atoms with Crippen LogP contribution in [0.3, 0.4) is 0 Å². The van der Waals surface area contributed by atoms with Crippen LogP contribution in [0.2, 0.25) is 0 Å². The molecule has 0 fully saturated rings. The minimum atomic E-state index is 0.364. The molecule has 0 saturated heterocycles. The van der Waals surface area contributed by atoms with Crippen molar-refractivity contribution in [1.29, 1.82) is 0 Å². The predicted octanol–water partition coefficient (Wildman–Crippen LogP) is 3.72. The second-order valence-corrected chi connectivity index (χ2v) is 4.20. The number of benzene rings is 1. The molecule has 0 aromatic heterocycles. The van der Waals surface area contributed by atoms with E-state index in [4.69, 9.17) is 15.9 Å². The second kappa shape index (κ2) is 10.8. The van der Waals surface area contributed by atoms with Gasteiger partial charge in [-0.15, -0.1) is 0 Å². The van der Waals surface area contributed by atoms with Gasteiger partial charge < -0.3 is 9.47 Å². The Morgan fingerprint density at radius 1 is 0.944 bits per heavy atom. The number of ether oxygens (including phenoxy) is 2. The average molecular weight is 245 g/mol. The molecule has 0 saturated carbocycles. The van der Waals surface area contributed by atoms with Crippen LogP contribution in [0.15, 0.2) is 30.3 Å². The van der Waals surface area contributed by atoms with Crippen LogP contribution in [0.1, 0.15) is 37.7 Å². The Balaban J connectivity index is 1.83. The minimum Gasteiger partial charge on any atom is -0.355 e. The monoisotopic (exact) mass is 245 g/mol. The van der Waals surface area contributed by atoms with Gasteiger partial charge in [0, 0.05) is 13.0 Å². The van der Waals surface area contributed by atoms with Crippen LogP contribution in [0.4, 0.5) is 0 Å². The summed E-state index contributed by atoms with van der Waals surface area (Å²) in [6.45, 7) is 1.72. The van der Waals surface area contributed by atoms with E-state index in [1.165, 1.54) is 5.56 Å². The third-order valence-corrected chi connectivity index (χ3v) is 2.62. The SMILES string of the molecule is [C]#CCCCCCCOCOCc1ccccc1. The molecule has 1 radical (unpaired) electrons. The van der Waals surface area contributed by atoms with Crippen molar-refractivity contribution >= 4 is 0 Å². The average Bonchev–Trinajstić information content (AvgIpc) is 2.42. The molecular weight excluding hydrogens is 224 g/mol. The van der Waals surface area contributed by atoms with E-state index in [2.05, 4.69) is 5.92 Å². The Kier molecular flexibility index (Phi) is 8.88. The van der Waals surface area contributed by atoms with Gasteiger partial charge in [-0.25, -0.2) is 0 Å². The summed E-state index contributed by atoms with van der Waals surface area (Å²) in [6, 6.07) is 10.1. The summed E-state index contributed by atoms with van der Waals surface area (Å²) in [5.41, 5.74) is 1.17. The van der Waals surface area contributed by atoms with E-state index in [0.717, 1.165) is 38.7 Å². The fraction of sp³-hybridized carbons (Fsp3) is 0.500. The summed E-state index contributed by atoms with van der Waals surface area (Å²) in [7, 11) is 0. The molecule has 0 atom stereocenters. The van der Waals surface area contributed by atoms with E-state index in [1.54, 1.807) is 0 Å². The maximum atomic E-state index is 6.77. The molecule has 2 heteroatoms. The molecule has 1 rings (SSSR count). The Hall–Kier alpha value is -1.30. The minimum absolute atomic E-state index is 0.364. The maximum absolute atomic E-state index is 6.77. The predicted molar refractivity (Wildman–Crippen MR) is 72.3 cm³/mol. The van der Waals surface area contributed by atoms with E-state index in [0.29, 0.717) is 13.4 Å². The van der Waals surface area contributed by atoms with Crippen LogP contribution < -0.4 is 0 Å². The molecule has 1 aromatic rings. The van der Waals surface area contributed by atoms with E-state index in [1.807, 2.05) is 30.3 Å². The zero-order valence-corrected chi connectivity index (χ0v) is 10.9. The largest absolute Gasteiger partial charge is 0.355 e. The molecule has 0 amide bonds. The molecule has 97 valence electrons. The standard InChI is InChI=1S/C16H21O2/c1-2-3-4-5-6-10-13-17-15-18-14-16-11-8-7-9-12-16/h7-9,11-12H,3-6,10,13-15H2. The highest BCUT2D eigenvalue weighted by Crippen LogP contribution is 2.03. The first-order chi connectivity index (χ1) is 8.93. The van der Waals surface area contributed by atoms with Gasteiger partial charge in [0.2, 0.25) is 0 Å². The van der Waals surface area contributed by atoms with E-state index >= 15 is 0 Å². The van der Waals surface area contributed by atoms with E-state index < -0.39 is 0 Å². The normalized spacial score (nSPS) is 10.2. The van der Waals surface area contributed by atoms with Gasteiger partial charge in [0.05, 0.1) is 6.61 Å². The molecule has 0 N–H and O–H groups in total. The Morgan fingerprint density at radius 3 is 2.50 bits per heavy atom. The first-order valence-electron chi connectivity index (χ1n) is 6.52. The second-order valence-electron chi connectivity index (χ2n) is 4.20. The molecule has 18 heavy (non-hydrogen) atoms. The molecule has 0 unspecified atom stereocenters. The van der Waals surface area contributed by atoms with Crippen molar-refractivity contribution in [3.05, 3.63) is 42.3 Å². The third-order valence-electron chi connectivity index (χ3n) is 2.62. The van der Waals surface area contributed by atoms with Crippen LogP contribution in [-0.4, -0.2) is 13.4 Å². The lowest BCUT2D eigenvalue weighted by atomic mass is 10.1. The van der Waals surface area contributed by atoms with Crippen LogP contribution in [0.25, 0.3) is 0 Å². The molecule has 0 aliphatic heterocycles. The van der Waals surface area contributed by atoms with Gasteiger partial charge >= 0.3 is 0 Å². The van der Waals surface area contributed by atoms with Gasteiger partial charge in [-0.3, -0.25) is 0 Å². The Labute approximate surface area is 110 Å². The lowest BCUT2D eigenvalue weighted by molar-refractivity contribution is -0.0623. The number of unbranched alkanes of at least 4 members (excludes halogenated alkanes) is 4. The molecule has 2 nitrogen and oxygen atoms in total. The van der Waals surface area contributed by atoms with Crippen molar-refractivity contribution < 1.29 is 9.47 Å². The molecule has 0 heterocycles. The molecular formula is C16H21O2. The van der Waals surface area contributed by atoms with Crippen molar-refractivity contribution in [1.82, 2.24) is 0 Å². The van der Waals surface area contributed by atoms with Crippen LogP contribution in [0, 0.1) is 12.3 Å². The van der Waals surface area contributed by atoms with Crippen molar-refractivity contribution in [2.24, 2.45) is 0 Å². The lowest BCUT2D eigenvalue weighted by Gasteiger charge is -2.05. The summed E-state index contributed by atoms with van der Waals surface area (Å²) in [5.74, 6) is 2.40. The summed E-state index contributed by atoms with van der Waals surface area (Å²) in [4.78, 5) is 0. The Morgan fingerprint density at radius 2 is 1.72 bits per heavy atom. The highest BCUT2D eigenvalue weighted by atomic mass is 16.7. The van der Waals surface area contributed by atoms with Gasteiger partial charge in [0.15, 0.2) is 0 Å². The molecule has 1 aromatic carbocycles. The van der Waals surface area contributed by atoms with Gasteiger partial charge in [0.1, 0.15) is 6.79 Å². The summed E-state index contributed by atoms with van der Waals surface area (Å²) >= 11 is 0. The van der Waals surface area contributed by atoms with Gasteiger partial charge in [-0.05, 0) is 24.8 Å². The van der Waals surface area contributed by atoms with Gasteiger partial charge in [-0.1, -0.05) is 49.1 Å². The highest BCUT2D eigenvalue weighted by Gasteiger charge is 1.93. The fourth-order valence-corrected chi connectivity index (χ4v) is 1.62. The van der Waals surface area contributed by atoms with E-state index in [-0.39, 0.29) is 0 Å². The summed E-state index contributed by atoms with van der Waals surface area (Å²) in [5, 5.41) is 0. The van der Waals surface area contributed by atoms with Crippen molar-refractivity contribution in [2.75, 3.05) is 13.4 Å². The van der Waals surface area contributed by atoms with Gasteiger partial charge in [-0.2, -0.15) is 0 Å². The zero-order chi connectivity index (χ0) is 12.9.